The second-order valence-electron chi connectivity index (χ2n) is 6.47. The Labute approximate surface area is 133 Å². The van der Waals surface area contributed by atoms with Crippen molar-refractivity contribution in [2.75, 3.05) is 26.9 Å². The summed E-state index contributed by atoms with van der Waals surface area (Å²) in [7, 11) is 2.10. The summed E-state index contributed by atoms with van der Waals surface area (Å²) in [6.07, 6.45) is 2.90. The van der Waals surface area contributed by atoms with Crippen LogP contribution in [0.3, 0.4) is 0 Å². The van der Waals surface area contributed by atoms with Crippen LogP contribution in [0, 0.1) is 5.82 Å². The lowest BCUT2D eigenvalue weighted by atomic mass is 9.77. The third-order valence-corrected chi connectivity index (χ3v) is 7.12. The Bertz CT molecular complexity index is 610. The van der Waals surface area contributed by atoms with E-state index in [2.05, 4.69) is 0 Å². The van der Waals surface area contributed by atoms with E-state index < -0.39 is 10.0 Å². The highest BCUT2D eigenvalue weighted by atomic mass is 32.2. The molecule has 1 aromatic carbocycles. The molecule has 0 radical (unpaired) electrons. The van der Waals surface area contributed by atoms with Gasteiger partial charge in [0.1, 0.15) is 5.82 Å². The van der Waals surface area contributed by atoms with E-state index >= 15 is 0 Å². The summed E-state index contributed by atoms with van der Waals surface area (Å²) >= 11 is 0. The molecular weight excluding hydrogens is 303 g/mol. The van der Waals surface area contributed by atoms with Crippen LogP contribution in [0.4, 0.5) is 4.39 Å². The third-order valence-electron chi connectivity index (χ3n) is 5.02. The second-order valence-corrected chi connectivity index (χ2v) is 8.50. The molecule has 1 aromatic rings. The fraction of sp³-hybridized carbons (Fsp3) is 0.625. The molecule has 22 heavy (non-hydrogen) atoms. The minimum absolute atomic E-state index is 0.134. The van der Waals surface area contributed by atoms with Crippen molar-refractivity contribution in [3.8, 4) is 0 Å². The molecule has 1 atom stereocenters. The lowest BCUT2D eigenvalue weighted by Gasteiger charge is -2.47. The van der Waals surface area contributed by atoms with Crippen LogP contribution in [-0.4, -0.2) is 50.1 Å². The van der Waals surface area contributed by atoms with Gasteiger partial charge in [-0.2, -0.15) is 4.31 Å². The van der Waals surface area contributed by atoms with Gasteiger partial charge in [0.15, 0.2) is 0 Å². The molecular formula is C16H25FN2O2S. The van der Waals surface area contributed by atoms with Crippen LogP contribution in [0.2, 0.25) is 0 Å². The van der Waals surface area contributed by atoms with Crippen molar-refractivity contribution in [2.24, 2.45) is 0 Å². The van der Waals surface area contributed by atoms with Gasteiger partial charge in [-0.3, -0.25) is 0 Å². The van der Waals surface area contributed by atoms with Crippen molar-refractivity contribution in [1.29, 1.82) is 0 Å². The Morgan fingerprint density at radius 1 is 1.18 bits per heavy atom. The van der Waals surface area contributed by atoms with Gasteiger partial charge in [-0.15, -0.1) is 0 Å². The quantitative estimate of drug-likeness (QED) is 0.806. The number of nitrogens with zero attached hydrogens (tertiary/aromatic N) is 2. The summed E-state index contributed by atoms with van der Waals surface area (Å²) < 4.78 is 39.9. The van der Waals surface area contributed by atoms with Crippen LogP contribution in [0.1, 0.15) is 37.8 Å². The first kappa shape index (κ1) is 17.4. The summed E-state index contributed by atoms with van der Waals surface area (Å²) in [5.74, 6) is -0.183. The smallest absolute Gasteiger partial charge is 0.216 e. The minimum atomic E-state index is -3.38. The zero-order valence-corrected chi connectivity index (χ0v) is 14.5. The predicted molar refractivity (Wildman–Crippen MR) is 86.6 cm³/mol. The van der Waals surface area contributed by atoms with Crippen LogP contribution in [0.15, 0.2) is 24.3 Å². The molecule has 6 heteroatoms. The number of halogens is 1. The fourth-order valence-electron chi connectivity index (χ4n) is 2.94. The number of sulfonamides is 1. The van der Waals surface area contributed by atoms with E-state index in [4.69, 9.17) is 0 Å². The summed E-state index contributed by atoms with van der Waals surface area (Å²) in [5, 5.41) is 0. The Balaban J connectivity index is 2.16. The molecule has 0 spiro atoms. The standard InChI is InChI=1S/C16H25FN2O2S/c1-13(14-6-8-15(17)9-7-14)19(4)22(20,21)12-16(18(2)3)10-5-11-16/h6-9,13H,5,10-12H2,1-4H3. The molecule has 0 aliphatic heterocycles. The second kappa shape index (κ2) is 6.26. The van der Waals surface area contributed by atoms with Gasteiger partial charge in [-0.1, -0.05) is 12.1 Å². The molecule has 4 nitrogen and oxygen atoms in total. The molecule has 124 valence electrons. The van der Waals surface area contributed by atoms with Gasteiger partial charge in [0.25, 0.3) is 0 Å². The molecule has 0 bridgehead atoms. The fourth-order valence-corrected chi connectivity index (χ4v) is 4.97. The van der Waals surface area contributed by atoms with Gasteiger partial charge in [0, 0.05) is 18.6 Å². The molecule has 2 rings (SSSR count). The third kappa shape index (κ3) is 3.34. The van der Waals surface area contributed by atoms with Gasteiger partial charge in [0.2, 0.25) is 10.0 Å². The molecule has 1 unspecified atom stereocenters. The number of hydrogen-bond acceptors (Lipinski definition) is 3. The molecule has 0 aromatic heterocycles. The van der Waals surface area contributed by atoms with Crippen LogP contribution < -0.4 is 0 Å². The predicted octanol–water partition coefficient (Wildman–Crippen LogP) is 2.63. The van der Waals surface area contributed by atoms with Crippen molar-refractivity contribution in [1.82, 2.24) is 9.21 Å². The highest BCUT2D eigenvalue weighted by molar-refractivity contribution is 7.89. The Morgan fingerprint density at radius 2 is 1.73 bits per heavy atom. The monoisotopic (exact) mass is 328 g/mol. The lowest BCUT2D eigenvalue weighted by molar-refractivity contribution is 0.0822. The van der Waals surface area contributed by atoms with Crippen molar-refractivity contribution in [2.45, 2.75) is 37.8 Å². The van der Waals surface area contributed by atoms with E-state index in [1.807, 2.05) is 25.9 Å². The van der Waals surface area contributed by atoms with Gasteiger partial charge in [-0.25, -0.2) is 12.8 Å². The number of rotatable bonds is 6. The maximum absolute atomic E-state index is 13.0. The summed E-state index contributed by atoms with van der Waals surface area (Å²) in [4.78, 5) is 2.03. The van der Waals surface area contributed by atoms with Crippen molar-refractivity contribution < 1.29 is 12.8 Å². The van der Waals surface area contributed by atoms with E-state index in [0.29, 0.717) is 0 Å². The molecule has 1 fully saturated rings. The Morgan fingerprint density at radius 3 is 2.14 bits per heavy atom. The highest BCUT2D eigenvalue weighted by Gasteiger charge is 2.44. The number of hydrogen-bond donors (Lipinski definition) is 0. The lowest BCUT2D eigenvalue weighted by Crippen LogP contribution is -2.56. The topological polar surface area (TPSA) is 40.6 Å². The molecule has 1 saturated carbocycles. The minimum Gasteiger partial charge on any atom is -0.303 e. The molecule has 0 heterocycles. The van der Waals surface area contributed by atoms with E-state index in [1.165, 1.54) is 16.4 Å². The Hall–Kier alpha value is -0.980. The van der Waals surface area contributed by atoms with Crippen molar-refractivity contribution in [3.05, 3.63) is 35.6 Å². The zero-order valence-electron chi connectivity index (χ0n) is 13.7. The van der Waals surface area contributed by atoms with Crippen LogP contribution in [-0.2, 0) is 10.0 Å². The molecule has 0 N–H and O–H groups in total. The molecule has 1 aliphatic rings. The first-order valence-corrected chi connectivity index (χ1v) is 9.17. The average molecular weight is 328 g/mol. The highest BCUT2D eigenvalue weighted by Crippen LogP contribution is 2.38. The molecule has 0 amide bonds. The largest absolute Gasteiger partial charge is 0.303 e. The molecule has 1 aliphatic carbocycles. The average Bonchev–Trinajstić information content (AvgIpc) is 2.41. The molecule has 0 saturated heterocycles. The van der Waals surface area contributed by atoms with E-state index in [0.717, 1.165) is 24.8 Å². The number of benzene rings is 1. The van der Waals surface area contributed by atoms with Crippen molar-refractivity contribution in [3.63, 3.8) is 0 Å². The van der Waals surface area contributed by atoms with Gasteiger partial charge in [0.05, 0.1) is 5.75 Å². The summed E-state index contributed by atoms with van der Waals surface area (Å²) in [6.45, 7) is 1.83. The first-order chi connectivity index (χ1) is 10.2. The zero-order chi connectivity index (χ0) is 16.5. The summed E-state index contributed by atoms with van der Waals surface area (Å²) in [5.41, 5.74) is 0.551. The van der Waals surface area contributed by atoms with Crippen LogP contribution in [0.5, 0.6) is 0 Å². The SMILES string of the molecule is CC(c1ccc(F)cc1)N(C)S(=O)(=O)CC1(N(C)C)CCC1. The first-order valence-electron chi connectivity index (χ1n) is 7.57. The van der Waals surface area contributed by atoms with E-state index in [1.54, 1.807) is 19.2 Å². The normalized spacial score (nSPS) is 19.2. The maximum atomic E-state index is 13.0. The van der Waals surface area contributed by atoms with Gasteiger partial charge < -0.3 is 4.90 Å². The van der Waals surface area contributed by atoms with Crippen molar-refractivity contribution >= 4 is 10.0 Å². The maximum Gasteiger partial charge on any atom is 0.216 e. The van der Waals surface area contributed by atoms with Gasteiger partial charge in [-0.05, 0) is 58.0 Å². The van der Waals surface area contributed by atoms with Crippen LogP contribution >= 0.6 is 0 Å². The van der Waals surface area contributed by atoms with E-state index in [9.17, 15) is 12.8 Å². The van der Waals surface area contributed by atoms with Crippen LogP contribution in [0.25, 0.3) is 0 Å². The van der Waals surface area contributed by atoms with E-state index in [-0.39, 0.29) is 23.2 Å². The summed E-state index contributed by atoms with van der Waals surface area (Å²) in [6, 6.07) is 5.68. The van der Waals surface area contributed by atoms with Gasteiger partial charge >= 0.3 is 0 Å². The Kier molecular flexibility index (Phi) is 4.94.